The summed E-state index contributed by atoms with van der Waals surface area (Å²) < 4.78 is 0. The fraction of sp³-hybridized carbons (Fsp3) is 0.364. The van der Waals surface area contributed by atoms with Gasteiger partial charge in [0.2, 0.25) is 5.91 Å². The van der Waals surface area contributed by atoms with Gasteiger partial charge in [-0.2, -0.15) is 0 Å². The molecule has 1 aromatic rings. The topological polar surface area (TPSA) is 41.1 Å². The first-order chi connectivity index (χ1) is 7.20. The summed E-state index contributed by atoms with van der Waals surface area (Å²) in [5, 5.41) is 6.79. The Bertz CT molecular complexity index is 392. The van der Waals surface area contributed by atoms with E-state index >= 15 is 0 Å². The van der Waals surface area contributed by atoms with E-state index in [2.05, 4.69) is 10.6 Å². The van der Waals surface area contributed by atoms with Gasteiger partial charge in [0.25, 0.3) is 0 Å². The molecular formula is C11H13ClN2O. The van der Waals surface area contributed by atoms with Crippen molar-refractivity contribution in [3.05, 3.63) is 23.2 Å². The number of nitrogens with one attached hydrogen (secondary N) is 2. The molecule has 0 bridgehead atoms. The quantitative estimate of drug-likeness (QED) is 0.770. The zero-order chi connectivity index (χ0) is 10.8. The molecule has 0 spiro atoms. The molecule has 2 rings (SSSR count). The van der Waals surface area contributed by atoms with Gasteiger partial charge < -0.3 is 10.6 Å². The highest BCUT2D eigenvalue weighted by atomic mass is 35.5. The minimum atomic E-state index is 0.0242. The first kappa shape index (κ1) is 10.3. The lowest BCUT2D eigenvalue weighted by Crippen LogP contribution is -2.24. The first-order valence-electron chi connectivity index (χ1n) is 5.05. The summed E-state index contributed by atoms with van der Waals surface area (Å²) >= 11 is 5.88. The fourth-order valence-electron chi connectivity index (χ4n) is 1.66. The zero-order valence-electron chi connectivity index (χ0n) is 8.51. The third-order valence-electron chi connectivity index (χ3n) is 2.64. The average Bonchev–Trinajstić information content (AvgIpc) is 2.36. The Morgan fingerprint density at radius 3 is 3.00 bits per heavy atom. The van der Waals surface area contributed by atoms with Crippen LogP contribution < -0.4 is 10.6 Å². The van der Waals surface area contributed by atoms with Crippen molar-refractivity contribution in [1.29, 1.82) is 0 Å². The Kier molecular flexibility index (Phi) is 2.82. The average molecular weight is 225 g/mol. The van der Waals surface area contributed by atoms with Gasteiger partial charge in [0.15, 0.2) is 0 Å². The van der Waals surface area contributed by atoms with Crippen LogP contribution in [0.25, 0.3) is 0 Å². The summed E-state index contributed by atoms with van der Waals surface area (Å²) in [7, 11) is 0. The Labute approximate surface area is 93.8 Å². The lowest BCUT2D eigenvalue weighted by Gasteiger charge is -2.09. The van der Waals surface area contributed by atoms with E-state index in [-0.39, 0.29) is 11.8 Å². The minimum Gasteiger partial charge on any atom is -0.383 e. The van der Waals surface area contributed by atoms with E-state index in [4.69, 9.17) is 11.6 Å². The highest BCUT2D eigenvalue weighted by Crippen LogP contribution is 2.28. The predicted molar refractivity (Wildman–Crippen MR) is 62.4 cm³/mol. The third kappa shape index (κ3) is 2.07. The highest BCUT2D eigenvalue weighted by Gasteiger charge is 2.21. The van der Waals surface area contributed by atoms with Gasteiger partial charge in [0.1, 0.15) is 0 Å². The normalized spacial score (nSPS) is 19.9. The number of amides is 1. The molecule has 1 heterocycles. The molecule has 2 N–H and O–H groups in total. The SMILES string of the molecule is CC[C@H]1CNc2cc(Cl)ccc2NC1=O. The van der Waals surface area contributed by atoms with Crippen LogP contribution >= 0.6 is 11.6 Å². The number of carbonyl (C=O) groups excluding carboxylic acids is 1. The van der Waals surface area contributed by atoms with Crippen LogP contribution in [0, 0.1) is 5.92 Å². The van der Waals surface area contributed by atoms with Gasteiger partial charge in [-0.15, -0.1) is 0 Å². The molecule has 0 saturated heterocycles. The smallest absolute Gasteiger partial charge is 0.229 e. The molecule has 1 aromatic carbocycles. The van der Waals surface area contributed by atoms with Crippen LogP contribution in [0.5, 0.6) is 0 Å². The summed E-state index contributed by atoms with van der Waals surface area (Å²) in [5.74, 6) is 0.0993. The van der Waals surface area contributed by atoms with Gasteiger partial charge in [-0.3, -0.25) is 4.79 Å². The molecule has 4 heteroatoms. The number of benzene rings is 1. The Hall–Kier alpha value is -1.22. The van der Waals surface area contributed by atoms with Crippen LogP contribution in [0.15, 0.2) is 18.2 Å². The van der Waals surface area contributed by atoms with Crippen LogP contribution in [0.4, 0.5) is 11.4 Å². The van der Waals surface area contributed by atoms with E-state index < -0.39 is 0 Å². The molecule has 0 unspecified atom stereocenters. The number of anilines is 2. The minimum absolute atomic E-state index is 0.0242. The second kappa shape index (κ2) is 4.11. The van der Waals surface area contributed by atoms with Crippen LogP contribution in [-0.2, 0) is 4.79 Å². The van der Waals surface area contributed by atoms with Crippen LogP contribution in [0.3, 0.4) is 0 Å². The van der Waals surface area contributed by atoms with Gasteiger partial charge in [0, 0.05) is 11.6 Å². The monoisotopic (exact) mass is 224 g/mol. The van der Waals surface area contributed by atoms with Crippen molar-refractivity contribution in [1.82, 2.24) is 0 Å². The second-order valence-corrected chi connectivity index (χ2v) is 4.10. The molecule has 1 atom stereocenters. The van der Waals surface area contributed by atoms with Crippen molar-refractivity contribution in [2.45, 2.75) is 13.3 Å². The van der Waals surface area contributed by atoms with E-state index in [9.17, 15) is 4.79 Å². The first-order valence-corrected chi connectivity index (χ1v) is 5.42. The van der Waals surface area contributed by atoms with Crippen molar-refractivity contribution >= 4 is 28.9 Å². The largest absolute Gasteiger partial charge is 0.383 e. The summed E-state index contributed by atoms with van der Waals surface area (Å²) in [6.07, 6.45) is 0.834. The van der Waals surface area contributed by atoms with Crippen molar-refractivity contribution < 1.29 is 4.79 Å². The van der Waals surface area contributed by atoms with Crippen LogP contribution in [0.1, 0.15) is 13.3 Å². The maximum Gasteiger partial charge on any atom is 0.229 e. The number of rotatable bonds is 1. The number of halogens is 1. The van der Waals surface area contributed by atoms with Gasteiger partial charge in [-0.1, -0.05) is 18.5 Å². The zero-order valence-corrected chi connectivity index (χ0v) is 9.27. The second-order valence-electron chi connectivity index (χ2n) is 3.67. The molecule has 0 aromatic heterocycles. The summed E-state index contributed by atoms with van der Waals surface area (Å²) in [5.41, 5.74) is 1.70. The molecule has 1 aliphatic rings. The molecule has 80 valence electrons. The highest BCUT2D eigenvalue weighted by molar-refractivity contribution is 6.31. The Morgan fingerprint density at radius 1 is 1.47 bits per heavy atom. The number of carbonyl (C=O) groups is 1. The van der Waals surface area contributed by atoms with E-state index in [1.54, 1.807) is 6.07 Å². The van der Waals surface area contributed by atoms with Crippen LogP contribution in [0.2, 0.25) is 5.02 Å². The predicted octanol–water partition coefficient (Wildman–Crippen LogP) is 2.73. The maximum atomic E-state index is 11.7. The molecule has 0 radical (unpaired) electrons. The van der Waals surface area contributed by atoms with E-state index in [0.717, 1.165) is 17.8 Å². The van der Waals surface area contributed by atoms with Gasteiger partial charge in [-0.05, 0) is 24.6 Å². The van der Waals surface area contributed by atoms with Gasteiger partial charge in [0.05, 0.1) is 17.3 Å². The maximum absolute atomic E-state index is 11.7. The Balaban J connectivity index is 2.31. The molecule has 0 saturated carbocycles. The summed E-state index contributed by atoms with van der Waals surface area (Å²) in [6, 6.07) is 5.42. The lowest BCUT2D eigenvalue weighted by molar-refractivity contribution is -0.119. The van der Waals surface area contributed by atoms with Gasteiger partial charge >= 0.3 is 0 Å². The molecule has 1 aliphatic heterocycles. The van der Waals surface area contributed by atoms with E-state index in [1.807, 2.05) is 19.1 Å². The third-order valence-corrected chi connectivity index (χ3v) is 2.88. The molecular weight excluding hydrogens is 212 g/mol. The Morgan fingerprint density at radius 2 is 2.27 bits per heavy atom. The number of fused-ring (bicyclic) bond motifs is 1. The molecule has 15 heavy (non-hydrogen) atoms. The van der Waals surface area contributed by atoms with Crippen LogP contribution in [-0.4, -0.2) is 12.5 Å². The fourth-order valence-corrected chi connectivity index (χ4v) is 1.83. The molecule has 0 aliphatic carbocycles. The molecule has 1 amide bonds. The molecule has 3 nitrogen and oxygen atoms in total. The van der Waals surface area contributed by atoms with E-state index in [1.165, 1.54) is 0 Å². The number of hydrogen-bond acceptors (Lipinski definition) is 2. The number of hydrogen-bond donors (Lipinski definition) is 2. The molecule has 0 fully saturated rings. The summed E-state index contributed by atoms with van der Waals surface area (Å²) in [6.45, 7) is 2.67. The van der Waals surface area contributed by atoms with Crippen molar-refractivity contribution in [2.24, 2.45) is 5.92 Å². The lowest BCUT2D eigenvalue weighted by atomic mass is 10.1. The van der Waals surface area contributed by atoms with Crippen molar-refractivity contribution in [3.63, 3.8) is 0 Å². The summed E-state index contributed by atoms with van der Waals surface area (Å²) in [4.78, 5) is 11.7. The van der Waals surface area contributed by atoms with Gasteiger partial charge in [-0.25, -0.2) is 0 Å². The van der Waals surface area contributed by atoms with Crippen molar-refractivity contribution in [2.75, 3.05) is 17.2 Å². The van der Waals surface area contributed by atoms with E-state index in [0.29, 0.717) is 11.6 Å². The standard InChI is InChI=1S/C11H13ClN2O/c1-2-7-6-13-10-5-8(12)3-4-9(10)14-11(7)15/h3-5,7,13H,2,6H2,1H3,(H,14,15)/t7-/m0/s1. The van der Waals surface area contributed by atoms with Crippen molar-refractivity contribution in [3.8, 4) is 0 Å².